The Morgan fingerprint density at radius 1 is 0.974 bits per heavy atom. The van der Waals surface area contributed by atoms with Gasteiger partial charge in [-0.2, -0.15) is 8.42 Å². The highest BCUT2D eigenvalue weighted by molar-refractivity contribution is 7.86. The lowest BCUT2D eigenvalue weighted by atomic mass is 10.0. The summed E-state index contributed by atoms with van der Waals surface area (Å²) in [7, 11) is -3.39. The number of ether oxygens (including phenoxy) is 1. The van der Waals surface area contributed by atoms with Gasteiger partial charge in [-0.25, -0.2) is 10.4 Å². The standard InChI is InChI=1S/C24H24N4O10S/c1-14(2)25-23(29)21(13-38-3)26(24(30)15-10-16(27(31)32)12-17(11-15)28(33)34)20-8-4-7-19-18(20)6-5-9-22(19)39(35,36)37/h4-12,14,21H,13H2,1-3H3,(H2-2,25,29,31,32,33,34,35,36,37)/p+2. The smallest absolute Gasteiger partial charge is 0.324 e. The molecule has 0 aliphatic rings. The average Bonchev–Trinajstić information content (AvgIpc) is 2.86. The van der Waals surface area contributed by atoms with E-state index in [0.717, 1.165) is 29.2 Å². The van der Waals surface area contributed by atoms with Crippen LogP contribution in [0.4, 0.5) is 17.1 Å². The first-order valence-corrected chi connectivity index (χ1v) is 12.8. The van der Waals surface area contributed by atoms with E-state index in [9.17, 15) is 42.8 Å². The van der Waals surface area contributed by atoms with Crippen LogP contribution in [0.15, 0.2) is 59.5 Å². The Kier molecular flexibility index (Phi) is 8.58. The molecular weight excluding hydrogens is 536 g/mol. The molecule has 15 heteroatoms. The number of carbonyl (C=O) groups is 2. The minimum absolute atomic E-state index is 0.0156. The first-order chi connectivity index (χ1) is 18.3. The number of hydrogen-bond acceptors (Lipinski definition) is 7. The van der Waals surface area contributed by atoms with Gasteiger partial charge in [0.25, 0.3) is 25.9 Å². The maximum absolute atomic E-state index is 14.0. The van der Waals surface area contributed by atoms with E-state index in [2.05, 4.69) is 5.32 Å². The number of methoxy groups -OCH3 is 1. The molecule has 2 amide bonds. The largest absolute Gasteiger partial charge is 0.382 e. The summed E-state index contributed by atoms with van der Waals surface area (Å²) >= 11 is 0. The molecule has 0 aliphatic carbocycles. The van der Waals surface area contributed by atoms with Crippen molar-refractivity contribution in [1.29, 1.82) is 0 Å². The lowest BCUT2D eigenvalue weighted by molar-refractivity contribution is -0.735. The van der Waals surface area contributed by atoms with E-state index in [1.165, 1.54) is 37.4 Å². The molecule has 0 saturated carbocycles. The van der Waals surface area contributed by atoms with E-state index in [0.29, 0.717) is 0 Å². The van der Waals surface area contributed by atoms with Gasteiger partial charge in [-0.3, -0.25) is 19.0 Å². The zero-order chi connectivity index (χ0) is 29.1. The van der Waals surface area contributed by atoms with Gasteiger partial charge in [0, 0.05) is 36.1 Å². The normalized spacial score (nSPS) is 12.2. The number of nitrogens with one attached hydrogen (secondary N) is 1. The summed E-state index contributed by atoms with van der Waals surface area (Å²) in [6.07, 6.45) is 0. The zero-order valence-corrected chi connectivity index (χ0v) is 21.8. The maximum Gasteiger partial charge on any atom is 0.324 e. The van der Waals surface area contributed by atoms with Gasteiger partial charge in [-0.1, -0.05) is 24.3 Å². The van der Waals surface area contributed by atoms with Crippen molar-refractivity contribution < 1.29 is 47.6 Å². The summed E-state index contributed by atoms with van der Waals surface area (Å²) in [5, 5.41) is 21.7. The molecule has 0 aliphatic heterocycles. The van der Waals surface area contributed by atoms with Crippen molar-refractivity contribution in [2.45, 2.75) is 30.8 Å². The molecule has 39 heavy (non-hydrogen) atoms. The SMILES string of the molecule is COCC(C(=O)NC(C)C)N(C(=O)c1cc([N+](=O)O)cc([N+](=O)O)c1)c1cccc2c(S(=O)(=O)O)cccc12. The average molecular weight is 563 g/mol. The van der Waals surface area contributed by atoms with Crippen LogP contribution in [-0.4, -0.2) is 70.8 Å². The van der Waals surface area contributed by atoms with Crippen LogP contribution in [0.1, 0.15) is 24.2 Å². The number of nitrogens with zero attached hydrogens (tertiary/aromatic N) is 3. The zero-order valence-electron chi connectivity index (χ0n) is 21.0. The Hall–Kier alpha value is -4.47. The van der Waals surface area contributed by atoms with E-state index < -0.39 is 59.7 Å². The molecule has 3 aromatic rings. The van der Waals surface area contributed by atoms with Crippen molar-refractivity contribution in [3.63, 3.8) is 0 Å². The minimum atomic E-state index is -4.68. The number of amides is 2. The fourth-order valence-electron chi connectivity index (χ4n) is 4.00. The third-order valence-corrected chi connectivity index (χ3v) is 6.49. The van der Waals surface area contributed by atoms with Gasteiger partial charge in [-0.05, 0) is 26.0 Å². The molecule has 0 fully saturated rings. The fraction of sp³-hybridized carbons (Fsp3) is 0.250. The number of anilines is 1. The topological polar surface area (TPSA) is 194 Å². The van der Waals surface area contributed by atoms with Crippen molar-refractivity contribution in [2.75, 3.05) is 18.6 Å². The first kappa shape index (κ1) is 29.1. The van der Waals surface area contributed by atoms with Crippen LogP contribution in [0.2, 0.25) is 0 Å². The fourth-order valence-corrected chi connectivity index (χ4v) is 4.71. The number of fused-ring (bicyclic) bond motifs is 1. The molecule has 3 aromatic carbocycles. The lowest BCUT2D eigenvalue weighted by Crippen LogP contribution is -2.53. The van der Waals surface area contributed by atoms with E-state index in [4.69, 9.17) is 4.74 Å². The van der Waals surface area contributed by atoms with E-state index in [1.54, 1.807) is 13.8 Å². The third-order valence-electron chi connectivity index (χ3n) is 5.58. The summed E-state index contributed by atoms with van der Waals surface area (Å²) in [4.78, 5) is 49.8. The molecule has 206 valence electrons. The molecule has 1 unspecified atom stereocenters. The number of rotatable bonds is 10. The highest BCUT2D eigenvalue weighted by Gasteiger charge is 2.36. The molecular formula is C24H26N4O10S+2. The van der Waals surface area contributed by atoms with Crippen LogP contribution < -0.4 is 10.2 Å². The van der Waals surface area contributed by atoms with Crippen LogP contribution in [0.3, 0.4) is 0 Å². The Bertz CT molecular complexity index is 1540. The molecule has 4 N–H and O–H groups in total. The highest BCUT2D eigenvalue weighted by atomic mass is 32.2. The van der Waals surface area contributed by atoms with Crippen molar-refractivity contribution >= 4 is 49.8 Å². The van der Waals surface area contributed by atoms with Gasteiger partial charge >= 0.3 is 11.4 Å². The van der Waals surface area contributed by atoms with Crippen molar-refractivity contribution in [2.24, 2.45) is 0 Å². The van der Waals surface area contributed by atoms with Gasteiger partial charge in [-0.15, -0.1) is 0 Å². The van der Waals surface area contributed by atoms with Crippen LogP contribution in [0.5, 0.6) is 0 Å². The lowest BCUT2D eigenvalue weighted by Gasteiger charge is -2.32. The molecule has 14 nitrogen and oxygen atoms in total. The van der Waals surface area contributed by atoms with Gasteiger partial charge in [0.1, 0.15) is 17.0 Å². The summed E-state index contributed by atoms with van der Waals surface area (Å²) in [6, 6.07) is 9.12. The molecule has 0 spiro atoms. The Morgan fingerprint density at radius 2 is 1.54 bits per heavy atom. The van der Waals surface area contributed by atoms with Crippen LogP contribution in [0.25, 0.3) is 10.8 Å². The predicted molar refractivity (Wildman–Crippen MR) is 136 cm³/mol. The molecule has 3 rings (SSSR count). The molecule has 1 atom stereocenters. The van der Waals surface area contributed by atoms with Crippen molar-refractivity contribution in [1.82, 2.24) is 5.32 Å². The molecule has 0 heterocycles. The molecule has 0 bridgehead atoms. The second-order valence-corrected chi connectivity index (χ2v) is 10.1. The molecule has 0 saturated heterocycles. The number of benzene rings is 3. The van der Waals surface area contributed by atoms with Crippen LogP contribution in [-0.2, 0) is 19.6 Å². The molecule has 0 aromatic heterocycles. The van der Waals surface area contributed by atoms with E-state index in [-0.39, 0.29) is 29.1 Å². The quantitative estimate of drug-likeness (QED) is 0.211. The Morgan fingerprint density at radius 3 is 2.05 bits per heavy atom. The van der Waals surface area contributed by atoms with E-state index >= 15 is 0 Å². The van der Waals surface area contributed by atoms with Crippen molar-refractivity contribution in [3.05, 3.63) is 70.0 Å². The van der Waals surface area contributed by atoms with Gasteiger partial charge in [0.2, 0.25) is 5.91 Å². The highest BCUT2D eigenvalue weighted by Crippen LogP contribution is 2.34. The van der Waals surface area contributed by atoms with Gasteiger partial charge in [0.15, 0.2) is 0 Å². The van der Waals surface area contributed by atoms with Crippen LogP contribution >= 0.6 is 0 Å². The summed E-state index contributed by atoms with van der Waals surface area (Å²) < 4.78 is 39.0. The second kappa shape index (κ2) is 11.5. The number of carbonyl (C=O) groups excluding carboxylic acids is 2. The van der Waals surface area contributed by atoms with Gasteiger partial charge in [0.05, 0.1) is 27.7 Å². The minimum Gasteiger partial charge on any atom is -0.382 e. The molecule has 0 radical (unpaired) electrons. The van der Waals surface area contributed by atoms with Gasteiger partial charge < -0.3 is 10.1 Å². The Balaban J connectivity index is 2.38. The maximum atomic E-state index is 14.0. The first-order valence-electron chi connectivity index (χ1n) is 11.4. The predicted octanol–water partition coefficient (Wildman–Crippen LogP) is 2.87. The van der Waals surface area contributed by atoms with Crippen molar-refractivity contribution in [3.8, 4) is 0 Å². The second-order valence-electron chi connectivity index (χ2n) is 8.70. The monoisotopic (exact) mass is 562 g/mol. The third kappa shape index (κ3) is 6.34. The summed E-state index contributed by atoms with van der Waals surface area (Å²) in [5.74, 6) is -1.63. The number of hydrogen-bond donors (Lipinski definition) is 4. The Labute approximate surface area is 222 Å². The van der Waals surface area contributed by atoms with Crippen LogP contribution in [0, 0.1) is 9.81 Å². The summed E-state index contributed by atoms with van der Waals surface area (Å²) in [5.41, 5.74) is -1.53. The van der Waals surface area contributed by atoms with E-state index in [1.807, 2.05) is 0 Å². The summed E-state index contributed by atoms with van der Waals surface area (Å²) in [6.45, 7) is 3.04.